The number of rotatable bonds is 3. The first-order valence-corrected chi connectivity index (χ1v) is 7.14. The quantitative estimate of drug-likeness (QED) is 0.877. The van der Waals surface area contributed by atoms with Crippen LogP contribution in [-0.2, 0) is 4.79 Å². The lowest BCUT2D eigenvalue weighted by atomic mass is 9.70. The van der Waals surface area contributed by atoms with Gasteiger partial charge >= 0.3 is 0 Å². The van der Waals surface area contributed by atoms with Crippen molar-refractivity contribution in [3.8, 4) is 0 Å². The van der Waals surface area contributed by atoms with Crippen LogP contribution in [0.1, 0.15) is 38.2 Å². The second kappa shape index (κ2) is 5.74. The summed E-state index contributed by atoms with van der Waals surface area (Å²) < 4.78 is 0. The number of nitrogens with two attached hydrogens (primary N) is 1. The summed E-state index contributed by atoms with van der Waals surface area (Å²) in [6.07, 6.45) is 4.00. The van der Waals surface area contributed by atoms with Gasteiger partial charge in [-0.2, -0.15) is 0 Å². The molecule has 0 heterocycles. The fraction of sp³-hybridized carbons (Fsp3) is 0.562. The number of amides is 1. The van der Waals surface area contributed by atoms with Crippen LogP contribution in [0.3, 0.4) is 0 Å². The standard InChI is InChI=1S/C16H24N2O/c1-12-7-9-16(11-17,10-8-12)15(19)18-14-6-4-3-5-13(14)2/h3-6,12H,7-11,17H2,1-2H3,(H,18,19). The maximum absolute atomic E-state index is 12.6. The lowest BCUT2D eigenvalue weighted by molar-refractivity contribution is -0.127. The number of nitrogens with one attached hydrogen (secondary N) is 1. The van der Waals surface area contributed by atoms with Crippen molar-refractivity contribution in [1.29, 1.82) is 0 Å². The minimum Gasteiger partial charge on any atom is -0.329 e. The molecular weight excluding hydrogens is 236 g/mol. The maximum Gasteiger partial charge on any atom is 0.231 e. The molecule has 0 bridgehead atoms. The monoisotopic (exact) mass is 260 g/mol. The molecule has 1 fully saturated rings. The van der Waals surface area contributed by atoms with Crippen LogP contribution in [0.5, 0.6) is 0 Å². The molecule has 0 saturated heterocycles. The molecule has 1 aromatic rings. The Kier molecular flexibility index (Phi) is 4.25. The second-order valence-electron chi connectivity index (χ2n) is 5.94. The Hall–Kier alpha value is -1.35. The Bertz CT molecular complexity index is 448. The van der Waals surface area contributed by atoms with E-state index in [0.29, 0.717) is 12.5 Å². The molecule has 0 aliphatic heterocycles. The number of carbonyl (C=O) groups excluding carboxylic acids is 1. The van der Waals surface area contributed by atoms with E-state index in [-0.39, 0.29) is 11.3 Å². The predicted octanol–water partition coefficient (Wildman–Crippen LogP) is 3.09. The molecule has 1 amide bonds. The molecule has 0 aromatic heterocycles. The van der Waals surface area contributed by atoms with Crippen molar-refractivity contribution < 1.29 is 4.79 Å². The van der Waals surface area contributed by atoms with Gasteiger partial charge in [0.1, 0.15) is 0 Å². The Morgan fingerprint density at radius 3 is 2.58 bits per heavy atom. The van der Waals surface area contributed by atoms with Gasteiger partial charge in [0, 0.05) is 12.2 Å². The Labute approximate surface area is 115 Å². The molecule has 104 valence electrons. The summed E-state index contributed by atoms with van der Waals surface area (Å²) in [7, 11) is 0. The number of carbonyl (C=O) groups is 1. The van der Waals surface area contributed by atoms with Gasteiger partial charge in [-0.1, -0.05) is 25.1 Å². The minimum absolute atomic E-state index is 0.0937. The third kappa shape index (κ3) is 2.98. The van der Waals surface area contributed by atoms with Crippen molar-refractivity contribution in [3.63, 3.8) is 0 Å². The number of anilines is 1. The van der Waals surface area contributed by atoms with Crippen LogP contribution in [0.15, 0.2) is 24.3 Å². The molecule has 0 spiro atoms. The van der Waals surface area contributed by atoms with Crippen LogP contribution in [-0.4, -0.2) is 12.5 Å². The smallest absolute Gasteiger partial charge is 0.231 e. The number of benzene rings is 1. The molecule has 1 aliphatic carbocycles. The summed E-state index contributed by atoms with van der Waals surface area (Å²) in [6.45, 7) is 4.70. The number of aryl methyl sites for hydroxylation is 1. The fourth-order valence-corrected chi connectivity index (χ4v) is 2.81. The highest BCUT2D eigenvalue weighted by atomic mass is 16.2. The van der Waals surface area contributed by atoms with Crippen molar-refractivity contribution in [2.24, 2.45) is 17.1 Å². The molecule has 0 atom stereocenters. The average molecular weight is 260 g/mol. The highest BCUT2D eigenvalue weighted by Gasteiger charge is 2.39. The number of para-hydroxylation sites is 1. The van der Waals surface area contributed by atoms with Crippen molar-refractivity contribution in [3.05, 3.63) is 29.8 Å². The Balaban J connectivity index is 2.12. The van der Waals surface area contributed by atoms with E-state index in [1.165, 1.54) is 0 Å². The van der Waals surface area contributed by atoms with E-state index in [2.05, 4.69) is 12.2 Å². The van der Waals surface area contributed by atoms with Crippen molar-refractivity contribution in [1.82, 2.24) is 0 Å². The van der Waals surface area contributed by atoms with Crippen molar-refractivity contribution >= 4 is 11.6 Å². The molecule has 0 unspecified atom stereocenters. The minimum atomic E-state index is -0.366. The van der Waals surface area contributed by atoms with Crippen LogP contribution >= 0.6 is 0 Å². The largest absolute Gasteiger partial charge is 0.329 e. The Morgan fingerprint density at radius 2 is 2.00 bits per heavy atom. The van der Waals surface area contributed by atoms with Gasteiger partial charge in [0.25, 0.3) is 0 Å². The first kappa shape index (κ1) is 14.1. The molecule has 2 rings (SSSR count). The maximum atomic E-state index is 12.6. The van der Waals surface area contributed by atoms with Gasteiger partial charge in [-0.05, 0) is 50.2 Å². The van der Waals surface area contributed by atoms with Gasteiger partial charge in [-0.15, -0.1) is 0 Å². The van der Waals surface area contributed by atoms with Gasteiger partial charge < -0.3 is 11.1 Å². The molecular formula is C16H24N2O. The molecule has 1 aromatic carbocycles. The molecule has 3 nitrogen and oxygen atoms in total. The van der Waals surface area contributed by atoms with E-state index >= 15 is 0 Å². The lowest BCUT2D eigenvalue weighted by Crippen LogP contribution is -2.44. The summed E-state index contributed by atoms with van der Waals surface area (Å²) >= 11 is 0. The zero-order chi connectivity index (χ0) is 13.9. The van der Waals surface area contributed by atoms with E-state index in [9.17, 15) is 4.79 Å². The zero-order valence-corrected chi connectivity index (χ0v) is 11.9. The Morgan fingerprint density at radius 1 is 1.37 bits per heavy atom. The van der Waals surface area contributed by atoms with Crippen LogP contribution in [0.2, 0.25) is 0 Å². The number of hydrogen-bond donors (Lipinski definition) is 2. The predicted molar refractivity (Wildman–Crippen MR) is 78.9 cm³/mol. The SMILES string of the molecule is Cc1ccccc1NC(=O)C1(CN)CCC(C)CC1. The van der Waals surface area contributed by atoms with E-state index in [1.54, 1.807) is 0 Å². The van der Waals surface area contributed by atoms with E-state index in [1.807, 2.05) is 31.2 Å². The summed E-state index contributed by atoms with van der Waals surface area (Å²) in [5.74, 6) is 0.808. The van der Waals surface area contributed by atoms with Crippen LogP contribution in [0.25, 0.3) is 0 Å². The van der Waals surface area contributed by atoms with Crippen molar-refractivity contribution in [2.75, 3.05) is 11.9 Å². The fourth-order valence-electron chi connectivity index (χ4n) is 2.81. The molecule has 3 N–H and O–H groups in total. The first-order valence-electron chi connectivity index (χ1n) is 7.14. The van der Waals surface area contributed by atoms with E-state index < -0.39 is 0 Å². The van der Waals surface area contributed by atoms with E-state index in [0.717, 1.165) is 36.9 Å². The van der Waals surface area contributed by atoms with E-state index in [4.69, 9.17) is 5.73 Å². The molecule has 19 heavy (non-hydrogen) atoms. The lowest BCUT2D eigenvalue weighted by Gasteiger charge is -2.37. The third-order valence-electron chi connectivity index (χ3n) is 4.50. The summed E-state index contributed by atoms with van der Waals surface area (Å²) in [5, 5.41) is 3.07. The normalized spacial score (nSPS) is 27.0. The number of hydrogen-bond acceptors (Lipinski definition) is 2. The summed E-state index contributed by atoms with van der Waals surface area (Å²) in [5.41, 5.74) is 7.54. The van der Waals surface area contributed by atoms with Crippen LogP contribution in [0, 0.1) is 18.3 Å². The highest BCUT2D eigenvalue weighted by molar-refractivity contribution is 5.96. The van der Waals surface area contributed by atoms with Crippen LogP contribution < -0.4 is 11.1 Å². The highest BCUT2D eigenvalue weighted by Crippen LogP contribution is 2.39. The van der Waals surface area contributed by atoms with Crippen LogP contribution in [0.4, 0.5) is 5.69 Å². The first-order chi connectivity index (χ1) is 9.07. The molecule has 0 radical (unpaired) electrons. The third-order valence-corrected chi connectivity index (χ3v) is 4.50. The van der Waals surface area contributed by atoms with Gasteiger partial charge in [-0.3, -0.25) is 4.79 Å². The zero-order valence-electron chi connectivity index (χ0n) is 11.9. The topological polar surface area (TPSA) is 55.1 Å². The van der Waals surface area contributed by atoms with Gasteiger partial charge in [0.15, 0.2) is 0 Å². The van der Waals surface area contributed by atoms with Gasteiger partial charge in [0.05, 0.1) is 5.41 Å². The molecule has 3 heteroatoms. The molecule has 1 saturated carbocycles. The van der Waals surface area contributed by atoms with Gasteiger partial charge in [-0.25, -0.2) is 0 Å². The van der Waals surface area contributed by atoms with Crippen molar-refractivity contribution in [2.45, 2.75) is 39.5 Å². The van der Waals surface area contributed by atoms with Gasteiger partial charge in [0.2, 0.25) is 5.91 Å². The average Bonchev–Trinajstić information content (AvgIpc) is 2.42. The molecule has 1 aliphatic rings. The second-order valence-corrected chi connectivity index (χ2v) is 5.94. The summed E-state index contributed by atoms with van der Waals surface area (Å²) in [6, 6.07) is 7.88. The summed E-state index contributed by atoms with van der Waals surface area (Å²) in [4.78, 5) is 12.6.